The molecular weight excluding hydrogens is 286 g/mol. The zero-order valence-electron chi connectivity index (χ0n) is 10.9. The molecule has 1 aliphatic rings. The highest BCUT2D eigenvalue weighted by molar-refractivity contribution is 8.13. The smallest absolute Gasteiger partial charge is 0.232 e. The maximum absolute atomic E-state index is 12.0. The van der Waals surface area contributed by atoms with E-state index in [0.29, 0.717) is 6.54 Å². The Morgan fingerprint density at radius 3 is 2.63 bits per heavy atom. The average molecular weight is 302 g/mol. The number of benzene rings is 1. The SMILES string of the molecule is Cc1ccc(N2CC(CS(=O)(=O)Cl)CC2=O)c(C)c1. The average Bonchev–Trinajstić information content (AvgIpc) is 2.56. The second-order valence-corrected chi connectivity index (χ2v) is 7.89. The molecule has 19 heavy (non-hydrogen) atoms. The summed E-state index contributed by atoms with van der Waals surface area (Å²) in [6, 6.07) is 5.86. The Balaban J connectivity index is 2.20. The van der Waals surface area contributed by atoms with Gasteiger partial charge in [0.2, 0.25) is 15.0 Å². The highest BCUT2D eigenvalue weighted by Gasteiger charge is 2.33. The molecule has 6 heteroatoms. The number of hydrogen-bond acceptors (Lipinski definition) is 3. The number of carbonyl (C=O) groups is 1. The third-order valence-corrected chi connectivity index (χ3v) is 4.53. The van der Waals surface area contributed by atoms with E-state index in [1.54, 1.807) is 4.90 Å². The van der Waals surface area contributed by atoms with Gasteiger partial charge >= 0.3 is 0 Å². The van der Waals surface area contributed by atoms with Crippen molar-refractivity contribution in [2.45, 2.75) is 20.3 Å². The van der Waals surface area contributed by atoms with Gasteiger partial charge in [0.15, 0.2) is 0 Å². The van der Waals surface area contributed by atoms with Crippen molar-refractivity contribution in [3.63, 3.8) is 0 Å². The second-order valence-electron chi connectivity index (χ2n) is 5.07. The number of amides is 1. The van der Waals surface area contributed by atoms with E-state index < -0.39 is 9.05 Å². The summed E-state index contributed by atoms with van der Waals surface area (Å²) in [6.07, 6.45) is 0.235. The number of rotatable bonds is 3. The molecule has 1 aliphatic heterocycles. The molecule has 1 aromatic rings. The van der Waals surface area contributed by atoms with Gasteiger partial charge in [-0.3, -0.25) is 4.79 Å². The van der Waals surface area contributed by atoms with E-state index in [9.17, 15) is 13.2 Å². The molecule has 1 aromatic carbocycles. The van der Waals surface area contributed by atoms with Crippen LogP contribution in [0.5, 0.6) is 0 Å². The predicted molar refractivity (Wildman–Crippen MR) is 76.0 cm³/mol. The largest absolute Gasteiger partial charge is 0.312 e. The Labute approximate surface area is 117 Å². The van der Waals surface area contributed by atoms with Crippen LogP contribution >= 0.6 is 10.7 Å². The van der Waals surface area contributed by atoms with Gasteiger partial charge in [0.05, 0.1) is 5.75 Å². The van der Waals surface area contributed by atoms with E-state index in [-0.39, 0.29) is 24.0 Å². The molecule has 1 atom stereocenters. The summed E-state index contributed by atoms with van der Waals surface area (Å²) in [6.45, 7) is 4.35. The number of aryl methyl sites for hydroxylation is 2. The molecular formula is C13H16ClNO3S. The number of hydrogen-bond donors (Lipinski definition) is 0. The van der Waals surface area contributed by atoms with E-state index in [4.69, 9.17) is 10.7 Å². The first-order valence-corrected chi connectivity index (χ1v) is 8.54. The van der Waals surface area contributed by atoms with Gasteiger partial charge in [-0.2, -0.15) is 0 Å². The molecule has 0 aliphatic carbocycles. The lowest BCUT2D eigenvalue weighted by atomic mass is 10.1. The lowest BCUT2D eigenvalue weighted by Gasteiger charge is -2.19. The highest BCUT2D eigenvalue weighted by Crippen LogP contribution is 2.29. The van der Waals surface area contributed by atoms with Crippen molar-refractivity contribution < 1.29 is 13.2 Å². The standard InChI is InChI=1S/C13H16ClNO3S/c1-9-3-4-12(10(2)5-9)15-7-11(6-13(15)16)8-19(14,17)18/h3-5,11H,6-8H2,1-2H3. The number of nitrogens with zero attached hydrogens (tertiary/aromatic N) is 1. The minimum absolute atomic E-state index is 0.0442. The minimum Gasteiger partial charge on any atom is -0.312 e. The van der Waals surface area contributed by atoms with Crippen molar-refractivity contribution in [3.05, 3.63) is 29.3 Å². The van der Waals surface area contributed by atoms with Crippen molar-refractivity contribution in [1.29, 1.82) is 0 Å². The summed E-state index contributed by atoms with van der Waals surface area (Å²) in [5.74, 6) is -0.421. The Bertz CT molecular complexity index is 612. The van der Waals surface area contributed by atoms with Gasteiger partial charge < -0.3 is 4.90 Å². The highest BCUT2D eigenvalue weighted by atomic mass is 35.7. The third-order valence-electron chi connectivity index (χ3n) is 3.28. The van der Waals surface area contributed by atoms with E-state index >= 15 is 0 Å². The van der Waals surface area contributed by atoms with Crippen molar-refractivity contribution in [2.24, 2.45) is 5.92 Å². The molecule has 1 amide bonds. The monoisotopic (exact) mass is 301 g/mol. The number of anilines is 1. The van der Waals surface area contributed by atoms with Crippen LogP contribution in [0.25, 0.3) is 0 Å². The van der Waals surface area contributed by atoms with Gasteiger partial charge in [0, 0.05) is 35.3 Å². The molecule has 104 valence electrons. The molecule has 2 rings (SSSR count). The normalized spacial score (nSPS) is 20.1. The Hall–Kier alpha value is -1.07. The van der Waals surface area contributed by atoms with E-state index in [0.717, 1.165) is 16.8 Å². The molecule has 0 N–H and O–H groups in total. The summed E-state index contributed by atoms with van der Waals surface area (Å²) in [5, 5.41) is 0. The van der Waals surface area contributed by atoms with Crippen LogP contribution in [0.1, 0.15) is 17.5 Å². The van der Waals surface area contributed by atoms with E-state index in [1.165, 1.54) is 0 Å². The van der Waals surface area contributed by atoms with Gasteiger partial charge in [-0.1, -0.05) is 17.7 Å². The van der Waals surface area contributed by atoms with Crippen LogP contribution in [-0.2, 0) is 13.8 Å². The van der Waals surface area contributed by atoms with Gasteiger partial charge in [-0.15, -0.1) is 0 Å². The van der Waals surface area contributed by atoms with Crippen LogP contribution < -0.4 is 4.90 Å². The van der Waals surface area contributed by atoms with Crippen LogP contribution in [0.2, 0.25) is 0 Å². The molecule has 4 nitrogen and oxygen atoms in total. The van der Waals surface area contributed by atoms with Crippen molar-refractivity contribution in [1.82, 2.24) is 0 Å². The quantitative estimate of drug-likeness (QED) is 0.805. The molecule has 1 saturated heterocycles. The third kappa shape index (κ3) is 3.48. The Morgan fingerprint density at radius 1 is 1.37 bits per heavy atom. The van der Waals surface area contributed by atoms with Gasteiger partial charge in [0.1, 0.15) is 0 Å². The van der Waals surface area contributed by atoms with Crippen LogP contribution in [0.4, 0.5) is 5.69 Å². The summed E-state index contributed by atoms with van der Waals surface area (Å²) in [4.78, 5) is 13.7. The lowest BCUT2D eigenvalue weighted by Crippen LogP contribution is -2.26. The zero-order valence-corrected chi connectivity index (χ0v) is 12.5. The van der Waals surface area contributed by atoms with E-state index in [2.05, 4.69) is 0 Å². The maximum Gasteiger partial charge on any atom is 0.232 e. The van der Waals surface area contributed by atoms with E-state index in [1.807, 2.05) is 32.0 Å². The molecule has 0 bridgehead atoms. The summed E-state index contributed by atoms with van der Waals surface area (Å²) in [7, 11) is 1.69. The summed E-state index contributed by atoms with van der Waals surface area (Å²) < 4.78 is 22.2. The van der Waals surface area contributed by atoms with Crippen molar-refractivity contribution in [3.8, 4) is 0 Å². The number of halogens is 1. The molecule has 0 aromatic heterocycles. The Kier molecular flexibility index (Phi) is 3.87. The summed E-state index contributed by atoms with van der Waals surface area (Å²) >= 11 is 0. The van der Waals surface area contributed by atoms with Gasteiger partial charge in [0.25, 0.3) is 0 Å². The molecule has 1 fully saturated rings. The number of carbonyl (C=O) groups excluding carboxylic acids is 1. The predicted octanol–water partition coefficient (Wildman–Crippen LogP) is 2.22. The molecule has 0 saturated carbocycles. The molecule has 1 heterocycles. The second kappa shape index (κ2) is 5.13. The van der Waals surface area contributed by atoms with Gasteiger partial charge in [-0.25, -0.2) is 8.42 Å². The lowest BCUT2D eigenvalue weighted by molar-refractivity contribution is -0.117. The van der Waals surface area contributed by atoms with Crippen LogP contribution in [0.15, 0.2) is 18.2 Å². The molecule has 0 radical (unpaired) electrons. The zero-order chi connectivity index (χ0) is 14.2. The summed E-state index contributed by atoms with van der Waals surface area (Å²) in [5.41, 5.74) is 3.00. The van der Waals surface area contributed by atoms with Crippen LogP contribution in [-0.4, -0.2) is 26.6 Å². The first-order chi connectivity index (χ1) is 8.76. The van der Waals surface area contributed by atoms with Crippen LogP contribution in [0.3, 0.4) is 0 Å². The fourth-order valence-corrected chi connectivity index (χ4v) is 3.84. The first kappa shape index (κ1) is 14.3. The van der Waals surface area contributed by atoms with Crippen molar-refractivity contribution >= 4 is 31.3 Å². The van der Waals surface area contributed by atoms with Crippen LogP contribution in [0, 0.1) is 19.8 Å². The van der Waals surface area contributed by atoms with Gasteiger partial charge in [-0.05, 0) is 25.5 Å². The Morgan fingerprint density at radius 2 is 2.05 bits per heavy atom. The fraction of sp³-hybridized carbons (Fsp3) is 0.462. The molecule has 0 spiro atoms. The van der Waals surface area contributed by atoms with Crippen molar-refractivity contribution in [2.75, 3.05) is 17.2 Å². The topological polar surface area (TPSA) is 54.5 Å². The maximum atomic E-state index is 12.0. The molecule has 1 unspecified atom stereocenters. The fourth-order valence-electron chi connectivity index (χ4n) is 2.52. The first-order valence-electron chi connectivity index (χ1n) is 6.06. The minimum atomic E-state index is -3.56.